The van der Waals surface area contributed by atoms with Gasteiger partial charge in [0.1, 0.15) is 23.5 Å². The monoisotopic (exact) mass is 292 g/mol. The van der Waals surface area contributed by atoms with Crippen LogP contribution in [0.3, 0.4) is 0 Å². The van der Waals surface area contributed by atoms with Gasteiger partial charge in [0, 0.05) is 12.3 Å². The Balaban J connectivity index is 2.48. The highest BCUT2D eigenvalue weighted by atomic mass is 16.5. The van der Waals surface area contributed by atoms with Crippen LogP contribution in [0.25, 0.3) is 0 Å². The average Bonchev–Trinajstić information content (AvgIpc) is 2.55. The lowest BCUT2D eigenvalue weighted by Gasteiger charge is -2.29. The highest BCUT2D eigenvalue weighted by Crippen LogP contribution is 2.36. The molecule has 0 aliphatic carbocycles. The van der Waals surface area contributed by atoms with E-state index in [1.54, 1.807) is 43.5 Å². The van der Waals surface area contributed by atoms with Gasteiger partial charge in [0.2, 0.25) is 5.91 Å². The Bertz CT molecular complexity index is 728. The Morgan fingerprint density at radius 1 is 1.23 bits per heavy atom. The van der Waals surface area contributed by atoms with Crippen LogP contribution in [0.15, 0.2) is 35.5 Å². The van der Waals surface area contributed by atoms with E-state index in [1.807, 2.05) is 0 Å². The number of amides is 1. The van der Waals surface area contributed by atoms with E-state index in [4.69, 9.17) is 15.3 Å². The fraction of sp³-hybridized carbons (Fsp3) is 0.250. The van der Waals surface area contributed by atoms with E-state index < -0.39 is 11.8 Å². The molecule has 1 aromatic carbocycles. The molecule has 1 aliphatic rings. The number of hydrogen-bond acceptors (Lipinski definition) is 5. The molecule has 1 aromatic rings. The van der Waals surface area contributed by atoms with Crippen LogP contribution in [0.5, 0.6) is 5.75 Å². The lowest BCUT2D eigenvalue weighted by Crippen LogP contribution is -2.38. The van der Waals surface area contributed by atoms with E-state index in [0.29, 0.717) is 5.75 Å². The molecule has 1 heterocycles. The number of carbonyl (C=O) groups is 1. The molecule has 1 fully saturated rings. The summed E-state index contributed by atoms with van der Waals surface area (Å²) in [5.74, 6) is -0.801. The molecule has 6 nitrogen and oxygen atoms in total. The molecule has 22 heavy (non-hydrogen) atoms. The van der Waals surface area contributed by atoms with Crippen molar-refractivity contribution >= 4 is 5.91 Å². The minimum Gasteiger partial charge on any atom is -0.497 e. The van der Waals surface area contributed by atoms with Crippen LogP contribution in [-0.4, -0.2) is 13.0 Å². The average molecular weight is 292 g/mol. The van der Waals surface area contributed by atoms with E-state index >= 15 is 0 Å². The zero-order valence-corrected chi connectivity index (χ0v) is 11.8. The number of allylic oxidation sites excluding steroid dienone is 2. The summed E-state index contributed by atoms with van der Waals surface area (Å²) < 4.78 is 5.09. The van der Waals surface area contributed by atoms with Gasteiger partial charge in [0.15, 0.2) is 0 Å². The van der Waals surface area contributed by atoms with Crippen molar-refractivity contribution in [2.24, 2.45) is 5.92 Å². The molecule has 1 N–H and O–H groups in total. The molecule has 1 amide bonds. The SMILES string of the molecule is COc1ccc(C2CC(=O)NC(=C(C#N)C#N)C2C#N)cc1. The first-order chi connectivity index (χ1) is 10.6. The molecule has 1 aliphatic heterocycles. The van der Waals surface area contributed by atoms with Crippen molar-refractivity contribution in [2.45, 2.75) is 12.3 Å². The molecule has 1 saturated heterocycles. The second kappa shape index (κ2) is 6.43. The smallest absolute Gasteiger partial charge is 0.224 e. The molecule has 2 rings (SSSR count). The van der Waals surface area contributed by atoms with Crippen molar-refractivity contribution < 1.29 is 9.53 Å². The first kappa shape index (κ1) is 15.1. The van der Waals surface area contributed by atoms with Crippen molar-refractivity contribution in [3.63, 3.8) is 0 Å². The molecular formula is C16H12N4O2. The Hall–Kier alpha value is -3.30. The Morgan fingerprint density at radius 3 is 2.36 bits per heavy atom. The highest BCUT2D eigenvalue weighted by molar-refractivity contribution is 5.81. The van der Waals surface area contributed by atoms with Crippen LogP contribution >= 0.6 is 0 Å². The van der Waals surface area contributed by atoms with Crippen LogP contribution in [0.2, 0.25) is 0 Å². The van der Waals surface area contributed by atoms with Crippen LogP contribution in [0.1, 0.15) is 17.9 Å². The summed E-state index contributed by atoms with van der Waals surface area (Å²) in [5.41, 5.74) is 0.637. The molecule has 0 bridgehead atoms. The molecule has 2 atom stereocenters. The zero-order chi connectivity index (χ0) is 16.1. The van der Waals surface area contributed by atoms with Crippen molar-refractivity contribution in [2.75, 3.05) is 7.11 Å². The summed E-state index contributed by atoms with van der Waals surface area (Å²) >= 11 is 0. The van der Waals surface area contributed by atoms with Gasteiger partial charge in [0.05, 0.1) is 24.8 Å². The van der Waals surface area contributed by atoms with E-state index in [-0.39, 0.29) is 23.6 Å². The lowest BCUT2D eigenvalue weighted by molar-refractivity contribution is -0.122. The van der Waals surface area contributed by atoms with Gasteiger partial charge in [-0.25, -0.2) is 0 Å². The predicted octanol–water partition coefficient (Wildman–Crippen LogP) is 1.74. The number of nitrogens with one attached hydrogen (secondary N) is 1. The first-order valence-electron chi connectivity index (χ1n) is 6.52. The third-order valence-corrected chi connectivity index (χ3v) is 3.57. The minimum atomic E-state index is -0.750. The van der Waals surface area contributed by atoms with Crippen molar-refractivity contribution in [1.29, 1.82) is 15.8 Å². The third-order valence-electron chi connectivity index (χ3n) is 3.57. The molecule has 0 radical (unpaired) electrons. The maximum absolute atomic E-state index is 11.9. The van der Waals surface area contributed by atoms with Crippen LogP contribution in [0, 0.1) is 39.9 Å². The Labute approximate surface area is 127 Å². The molecule has 0 spiro atoms. The lowest BCUT2D eigenvalue weighted by atomic mass is 9.78. The number of hydrogen-bond donors (Lipinski definition) is 1. The molecular weight excluding hydrogens is 280 g/mol. The second-order valence-electron chi connectivity index (χ2n) is 4.75. The number of rotatable bonds is 2. The quantitative estimate of drug-likeness (QED) is 0.835. The summed E-state index contributed by atoms with van der Waals surface area (Å²) in [5, 5.41) is 29.9. The Morgan fingerprint density at radius 2 is 1.86 bits per heavy atom. The topological polar surface area (TPSA) is 110 Å². The number of methoxy groups -OCH3 is 1. The Kier molecular flexibility index (Phi) is 4.41. The molecule has 2 unspecified atom stereocenters. The summed E-state index contributed by atoms with van der Waals surface area (Å²) in [6.07, 6.45) is 0.123. The number of nitrogens with zero attached hydrogens (tertiary/aromatic N) is 3. The van der Waals surface area contributed by atoms with Crippen LogP contribution in [-0.2, 0) is 4.79 Å². The van der Waals surface area contributed by atoms with Gasteiger partial charge in [-0.2, -0.15) is 15.8 Å². The van der Waals surface area contributed by atoms with Gasteiger partial charge in [0.25, 0.3) is 0 Å². The van der Waals surface area contributed by atoms with Gasteiger partial charge >= 0.3 is 0 Å². The van der Waals surface area contributed by atoms with E-state index in [0.717, 1.165) is 5.56 Å². The largest absolute Gasteiger partial charge is 0.497 e. The molecule has 108 valence electrons. The zero-order valence-electron chi connectivity index (χ0n) is 11.8. The standard InChI is InChI=1S/C16H12N4O2/c1-22-12-4-2-10(3-5-12)13-6-15(21)20-16(14(13)9-19)11(7-17)8-18/h2-5,13-14H,6H2,1H3,(H,20,21). The van der Waals surface area contributed by atoms with Crippen molar-refractivity contribution in [3.8, 4) is 24.0 Å². The fourth-order valence-electron chi connectivity index (χ4n) is 2.48. The number of nitriles is 3. The van der Waals surface area contributed by atoms with Gasteiger partial charge in [-0.05, 0) is 17.7 Å². The maximum Gasteiger partial charge on any atom is 0.224 e. The normalized spacial score (nSPS) is 20.1. The highest BCUT2D eigenvalue weighted by Gasteiger charge is 2.36. The van der Waals surface area contributed by atoms with Crippen LogP contribution < -0.4 is 10.1 Å². The van der Waals surface area contributed by atoms with E-state index in [9.17, 15) is 10.1 Å². The molecule has 0 aromatic heterocycles. The maximum atomic E-state index is 11.9. The number of benzene rings is 1. The van der Waals surface area contributed by atoms with E-state index in [2.05, 4.69) is 11.4 Å². The van der Waals surface area contributed by atoms with Gasteiger partial charge in [-0.15, -0.1) is 0 Å². The summed E-state index contributed by atoms with van der Waals surface area (Å²) in [6.45, 7) is 0. The van der Waals surface area contributed by atoms with E-state index in [1.165, 1.54) is 0 Å². The minimum absolute atomic E-state index is 0.0876. The molecule has 0 saturated carbocycles. The van der Waals surface area contributed by atoms with Crippen LogP contribution in [0.4, 0.5) is 0 Å². The van der Waals surface area contributed by atoms with Crippen molar-refractivity contribution in [3.05, 3.63) is 41.1 Å². The number of ether oxygens (including phenoxy) is 1. The first-order valence-corrected chi connectivity index (χ1v) is 6.52. The van der Waals surface area contributed by atoms with Gasteiger partial charge in [-0.3, -0.25) is 4.79 Å². The van der Waals surface area contributed by atoms with Gasteiger partial charge in [-0.1, -0.05) is 12.1 Å². The number of carbonyl (C=O) groups excluding carboxylic acids is 1. The fourth-order valence-corrected chi connectivity index (χ4v) is 2.48. The summed E-state index contributed by atoms with van der Waals surface area (Å²) in [6, 6.07) is 12.6. The van der Waals surface area contributed by atoms with Gasteiger partial charge < -0.3 is 10.1 Å². The summed E-state index contributed by atoms with van der Waals surface area (Å²) in [4.78, 5) is 11.9. The molecule has 6 heteroatoms. The van der Waals surface area contributed by atoms with Crippen molar-refractivity contribution in [1.82, 2.24) is 5.32 Å². The second-order valence-corrected chi connectivity index (χ2v) is 4.75. The number of piperidine rings is 1. The third kappa shape index (κ3) is 2.75. The predicted molar refractivity (Wildman–Crippen MR) is 75.8 cm³/mol. The summed E-state index contributed by atoms with van der Waals surface area (Å²) in [7, 11) is 1.55.